The largest absolute Gasteiger partial charge is 0.378 e. The Labute approximate surface area is 211 Å². The monoisotopic (exact) mass is 571 g/mol. The molecule has 9 heteroatoms. The number of morpholine rings is 1. The Balaban J connectivity index is 0.00000306. The molecular weight excluding hydrogens is 539 g/mol. The van der Waals surface area contributed by atoms with E-state index >= 15 is 0 Å². The zero-order valence-electron chi connectivity index (χ0n) is 18.9. The van der Waals surface area contributed by atoms with E-state index in [-0.39, 0.29) is 35.7 Å². The molecule has 0 spiro atoms. The Morgan fingerprint density at radius 2 is 1.76 bits per heavy atom. The van der Waals surface area contributed by atoms with Crippen molar-refractivity contribution in [2.24, 2.45) is 4.99 Å². The fourth-order valence-electron chi connectivity index (χ4n) is 4.31. The van der Waals surface area contributed by atoms with Gasteiger partial charge in [0.05, 0.1) is 19.8 Å². The lowest BCUT2D eigenvalue weighted by Gasteiger charge is -2.30. The van der Waals surface area contributed by atoms with Gasteiger partial charge in [-0.25, -0.2) is 13.8 Å². The maximum absolute atomic E-state index is 14.2. The van der Waals surface area contributed by atoms with Gasteiger partial charge >= 0.3 is 0 Å². The van der Waals surface area contributed by atoms with E-state index in [1.54, 1.807) is 4.90 Å². The van der Waals surface area contributed by atoms with Gasteiger partial charge in [0.2, 0.25) is 0 Å². The van der Waals surface area contributed by atoms with E-state index in [4.69, 9.17) is 9.73 Å². The van der Waals surface area contributed by atoms with Crippen LogP contribution in [-0.4, -0.2) is 57.9 Å². The van der Waals surface area contributed by atoms with Crippen LogP contribution in [0.2, 0.25) is 0 Å². The van der Waals surface area contributed by atoms with E-state index in [1.165, 1.54) is 23.9 Å². The SMILES string of the molecule is CCNC(=NCc1ccccc1N1CCOCC1)NC1CCN(c2c(F)cccc2F)C1.I. The van der Waals surface area contributed by atoms with Gasteiger partial charge in [-0.05, 0) is 37.1 Å². The molecule has 1 unspecified atom stereocenters. The number of nitrogens with one attached hydrogen (secondary N) is 2. The second kappa shape index (κ2) is 12.4. The third-order valence-corrected chi connectivity index (χ3v) is 5.88. The highest BCUT2D eigenvalue weighted by Crippen LogP contribution is 2.27. The average molecular weight is 571 g/mol. The molecule has 2 aliphatic rings. The zero-order valence-corrected chi connectivity index (χ0v) is 21.2. The summed E-state index contributed by atoms with van der Waals surface area (Å²) in [5.41, 5.74) is 2.41. The lowest BCUT2D eigenvalue weighted by molar-refractivity contribution is 0.122. The molecule has 0 amide bonds. The Kier molecular flexibility index (Phi) is 9.54. The van der Waals surface area contributed by atoms with E-state index in [2.05, 4.69) is 33.7 Å². The number of benzene rings is 2. The minimum atomic E-state index is -0.522. The van der Waals surface area contributed by atoms with Crippen LogP contribution >= 0.6 is 24.0 Å². The summed E-state index contributed by atoms with van der Waals surface area (Å²) in [6, 6.07) is 12.4. The van der Waals surface area contributed by atoms with Crippen LogP contribution in [0.5, 0.6) is 0 Å². The smallest absolute Gasteiger partial charge is 0.191 e. The summed E-state index contributed by atoms with van der Waals surface area (Å²) in [6.07, 6.45) is 0.780. The van der Waals surface area contributed by atoms with E-state index in [9.17, 15) is 8.78 Å². The van der Waals surface area contributed by atoms with Crippen LogP contribution in [0, 0.1) is 11.6 Å². The van der Waals surface area contributed by atoms with Crippen molar-refractivity contribution in [3.05, 3.63) is 59.7 Å². The molecule has 2 fully saturated rings. The molecule has 0 aromatic heterocycles. The van der Waals surface area contributed by atoms with Gasteiger partial charge in [0.1, 0.15) is 17.3 Å². The molecule has 6 nitrogen and oxygen atoms in total. The van der Waals surface area contributed by atoms with Crippen LogP contribution in [0.3, 0.4) is 0 Å². The molecule has 0 saturated carbocycles. The molecule has 1 atom stereocenters. The maximum Gasteiger partial charge on any atom is 0.191 e. The minimum absolute atomic E-state index is 0. The molecule has 0 radical (unpaired) electrons. The van der Waals surface area contributed by atoms with Crippen LogP contribution in [0.1, 0.15) is 18.9 Å². The first-order chi connectivity index (χ1) is 15.7. The summed E-state index contributed by atoms with van der Waals surface area (Å²) in [5.74, 6) is -0.331. The van der Waals surface area contributed by atoms with E-state index < -0.39 is 11.6 Å². The molecule has 0 bridgehead atoms. The fraction of sp³-hybridized carbons (Fsp3) is 0.458. The van der Waals surface area contributed by atoms with Crippen molar-refractivity contribution < 1.29 is 13.5 Å². The fourth-order valence-corrected chi connectivity index (χ4v) is 4.31. The summed E-state index contributed by atoms with van der Waals surface area (Å²) >= 11 is 0. The van der Waals surface area contributed by atoms with Gasteiger partial charge in [-0.3, -0.25) is 0 Å². The first-order valence-electron chi connectivity index (χ1n) is 11.3. The summed E-state index contributed by atoms with van der Waals surface area (Å²) < 4.78 is 33.8. The predicted molar refractivity (Wildman–Crippen MR) is 140 cm³/mol. The van der Waals surface area contributed by atoms with Gasteiger partial charge in [0.25, 0.3) is 0 Å². The Bertz CT molecular complexity index is 919. The van der Waals surface area contributed by atoms with Crippen molar-refractivity contribution in [3.8, 4) is 0 Å². The molecule has 2 aromatic carbocycles. The number of rotatable bonds is 6. The van der Waals surface area contributed by atoms with Crippen LogP contribution in [0.15, 0.2) is 47.5 Å². The van der Waals surface area contributed by atoms with Crippen LogP contribution in [0.25, 0.3) is 0 Å². The van der Waals surface area contributed by atoms with E-state index in [0.717, 1.165) is 44.8 Å². The van der Waals surface area contributed by atoms with E-state index in [1.807, 2.05) is 13.0 Å². The Morgan fingerprint density at radius 3 is 2.48 bits per heavy atom. The van der Waals surface area contributed by atoms with Gasteiger partial charge < -0.3 is 25.2 Å². The standard InChI is InChI=1S/C24H31F2N5O.HI/c1-2-27-24(28-16-18-6-3-4-9-22(18)30-12-14-32-15-13-30)29-19-10-11-31(17-19)23-20(25)7-5-8-21(23)26;/h3-9,19H,2,10-17H2,1H3,(H2,27,28,29);1H. The summed E-state index contributed by atoms with van der Waals surface area (Å²) in [4.78, 5) is 8.91. The highest BCUT2D eigenvalue weighted by Gasteiger charge is 2.27. The topological polar surface area (TPSA) is 52.1 Å². The number of hydrogen-bond donors (Lipinski definition) is 2. The number of anilines is 2. The van der Waals surface area contributed by atoms with Crippen LogP contribution in [-0.2, 0) is 11.3 Å². The zero-order chi connectivity index (χ0) is 22.3. The van der Waals surface area contributed by atoms with Crippen molar-refractivity contribution in [3.63, 3.8) is 0 Å². The number of halogens is 3. The molecular formula is C24H32F2IN5O. The molecule has 4 rings (SSSR count). The van der Waals surface area contributed by atoms with Crippen molar-refractivity contribution in [2.45, 2.75) is 25.9 Å². The van der Waals surface area contributed by atoms with Crippen molar-refractivity contribution >= 4 is 41.3 Å². The molecule has 180 valence electrons. The molecule has 2 aromatic rings. The Hall–Kier alpha value is -2.14. The van der Waals surface area contributed by atoms with Gasteiger partial charge in [-0.15, -0.1) is 24.0 Å². The average Bonchev–Trinajstić information content (AvgIpc) is 3.26. The lowest BCUT2D eigenvalue weighted by Crippen LogP contribution is -2.44. The van der Waals surface area contributed by atoms with Crippen molar-refractivity contribution in [1.29, 1.82) is 0 Å². The van der Waals surface area contributed by atoms with Crippen molar-refractivity contribution in [1.82, 2.24) is 10.6 Å². The van der Waals surface area contributed by atoms with Crippen LogP contribution in [0.4, 0.5) is 20.2 Å². The number of nitrogens with zero attached hydrogens (tertiary/aromatic N) is 3. The van der Waals surface area contributed by atoms with Gasteiger partial charge in [0.15, 0.2) is 5.96 Å². The molecule has 0 aliphatic carbocycles. The first kappa shape index (κ1) is 25.5. The highest BCUT2D eigenvalue weighted by atomic mass is 127. The number of para-hydroxylation sites is 2. The number of aliphatic imine (C=N–C) groups is 1. The molecule has 2 N–H and O–H groups in total. The number of guanidine groups is 1. The highest BCUT2D eigenvalue weighted by molar-refractivity contribution is 14.0. The third kappa shape index (κ3) is 6.47. The summed E-state index contributed by atoms with van der Waals surface area (Å²) in [5, 5.41) is 6.74. The van der Waals surface area contributed by atoms with Gasteiger partial charge in [-0.2, -0.15) is 0 Å². The lowest BCUT2D eigenvalue weighted by atomic mass is 10.1. The Morgan fingerprint density at radius 1 is 1.03 bits per heavy atom. The van der Waals surface area contributed by atoms with Crippen LogP contribution < -0.4 is 20.4 Å². The minimum Gasteiger partial charge on any atom is -0.378 e. The summed E-state index contributed by atoms with van der Waals surface area (Å²) in [6.45, 7) is 7.64. The molecule has 33 heavy (non-hydrogen) atoms. The predicted octanol–water partition coefficient (Wildman–Crippen LogP) is 3.75. The maximum atomic E-state index is 14.2. The number of ether oxygens (including phenoxy) is 1. The molecule has 2 aliphatic heterocycles. The van der Waals surface area contributed by atoms with Gasteiger partial charge in [0, 0.05) is 44.5 Å². The second-order valence-corrected chi connectivity index (χ2v) is 8.07. The second-order valence-electron chi connectivity index (χ2n) is 8.07. The first-order valence-corrected chi connectivity index (χ1v) is 11.3. The third-order valence-electron chi connectivity index (χ3n) is 5.88. The normalized spacial score (nSPS) is 18.8. The summed E-state index contributed by atoms with van der Waals surface area (Å²) in [7, 11) is 0. The van der Waals surface area contributed by atoms with Crippen molar-refractivity contribution in [2.75, 3.05) is 55.7 Å². The molecule has 2 saturated heterocycles. The quantitative estimate of drug-likeness (QED) is 0.315. The molecule has 2 heterocycles. The van der Waals surface area contributed by atoms with E-state index in [0.29, 0.717) is 25.6 Å². The number of hydrogen-bond acceptors (Lipinski definition) is 4. The van der Waals surface area contributed by atoms with Gasteiger partial charge in [-0.1, -0.05) is 24.3 Å².